The van der Waals surface area contributed by atoms with E-state index in [-0.39, 0.29) is 11.3 Å². The van der Waals surface area contributed by atoms with E-state index in [1.54, 1.807) is 11.1 Å². The van der Waals surface area contributed by atoms with E-state index < -0.39 is 0 Å². The number of benzene rings is 1. The van der Waals surface area contributed by atoms with Gasteiger partial charge in [0, 0.05) is 24.8 Å². The Morgan fingerprint density at radius 1 is 1.19 bits per heavy atom. The minimum atomic E-state index is -0.0924. The van der Waals surface area contributed by atoms with Crippen LogP contribution >= 0.6 is 11.6 Å². The molecule has 0 N–H and O–H groups in total. The van der Waals surface area contributed by atoms with Crippen molar-refractivity contribution in [2.75, 3.05) is 11.4 Å². The maximum atomic E-state index is 11.9. The minimum Gasteiger partial charge on any atom is -0.311 e. The number of alkyl halides is 1. The van der Waals surface area contributed by atoms with E-state index in [4.69, 9.17) is 11.6 Å². The van der Waals surface area contributed by atoms with Crippen molar-refractivity contribution in [1.82, 2.24) is 4.98 Å². The number of carbonyl (C=O) groups excluding carboxylic acids is 1. The lowest BCUT2D eigenvalue weighted by atomic mass is 10.1. The fourth-order valence-corrected chi connectivity index (χ4v) is 2.64. The first-order valence-corrected chi connectivity index (χ1v) is 7.29. The zero-order chi connectivity index (χ0) is 14.7. The SMILES string of the molecule is O=C1CC(Cl)CN1c1cccc(C=Cc2ccccn2)c1. The Balaban J connectivity index is 1.81. The van der Waals surface area contributed by atoms with Gasteiger partial charge in [-0.15, -0.1) is 11.6 Å². The van der Waals surface area contributed by atoms with Gasteiger partial charge >= 0.3 is 0 Å². The molecular formula is C17H15ClN2O. The van der Waals surface area contributed by atoms with Crippen molar-refractivity contribution in [1.29, 1.82) is 0 Å². The first-order valence-electron chi connectivity index (χ1n) is 6.86. The van der Waals surface area contributed by atoms with Crippen LogP contribution in [0.3, 0.4) is 0 Å². The van der Waals surface area contributed by atoms with Gasteiger partial charge in [-0.1, -0.05) is 24.3 Å². The van der Waals surface area contributed by atoms with Crippen molar-refractivity contribution in [2.24, 2.45) is 0 Å². The van der Waals surface area contributed by atoms with Gasteiger partial charge in [-0.05, 0) is 35.9 Å². The lowest BCUT2D eigenvalue weighted by Crippen LogP contribution is -2.24. The summed E-state index contributed by atoms with van der Waals surface area (Å²) >= 11 is 6.05. The van der Waals surface area contributed by atoms with E-state index in [1.165, 1.54) is 0 Å². The molecular weight excluding hydrogens is 284 g/mol. The number of hydrogen-bond donors (Lipinski definition) is 0. The number of anilines is 1. The van der Waals surface area contributed by atoms with Gasteiger partial charge in [0.1, 0.15) is 0 Å². The van der Waals surface area contributed by atoms with Gasteiger partial charge in [-0.2, -0.15) is 0 Å². The first-order chi connectivity index (χ1) is 10.2. The third-order valence-corrected chi connectivity index (χ3v) is 3.69. The van der Waals surface area contributed by atoms with Crippen LogP contribution in [0.15, 0.2) is 48.7 Å². The molecule has 2 heterocycles. The summed E-state index contributed by atoms with van der Waals surface area (Å²) in [6.07, 6.45) is 6.12. The lowest BCUT2D eigenvalue weighted by Gasteiger charge is -2.16. The third kappa shape index (κ3) is 3.31. The molecule has 3 rings (SSSR count). The summed E-state index contributed by atoms with van der Waals surface area (Å²) in [5.41, 5.74) is 2.83. The van der Waals surface area contributed by atoms with Gasteiger partial charge in [0.25, 0.3) is 0 Å². The van der Waals surface area contributed by atoms with Crippen LogP contribution in [0.4, 0.5) is 5.69 Å². The summed E-state index contributed by atoms with van der Waals surface area (Å²) in [5, 5.41) is -0.0924. The molecule has 1 aliphatic heterocycles. The van der Waals surface area contributed by atoms with Crippen molar-refractivity contribution in [3.05, 3.63) is 59.9 Å². The molecule has 1 atom stereocenters. The van der Waals surface area contributed by atoms with Crippen molar-refractivity contribution < 1.29 is 4.79 Å². The number of carbonyl (C=O) groups is 1. The van der Waals surface area contributed by atoms with Gasteiger partial charge in [-0.25, -0.2) is 0 Å². The quantitative estimate of drug-likeness (QED) is 0.811. The highest BCUT2D eigenvalue weighted by Gasteiger charge is 2.28. The summed E-state index contributed by atoms with van der Waals surface area (Å²) in [5.74, 6) is 0.0841. The van der Waals surface area contributed by atoms with Gasteiger partial charge in [0.15, 0.2) is 0 Å². The van der Waals surface area contributed by atoms with Crippen LogP contribution in [-0.4, -0.2) is 22.8 Å². The van der Waals surface area contributed by atoms with Crippen molar-refractivity contribution in [3.63, 3.8) is 0 Å². The Bertz CT molecular complexity index is 670. The average Bonchev–Trinajstić information content (AvgIpc) is 2.85. The molecule has 0 radical (unpaired) electrons. The largest absolute Gasteiger partial charge is 0.311 e. The molecule has 1 aromatic carbocycles. The second kappa shape index (κ2) is 6.10. The lowest BCUT2D eigenvalue weighted by molar-refractivity contribution is -0.117. The monoisotopic (exact) mass is 298 g/mol. The molecule has 0 aliphatic carbocycles. The predicted molar refractivity (Wildman–Crippen MR) is 86.2 cm³/mol. The summed E-state index contributed by atoms with van der Waals surface area (Å²) in [4.78, 5) is 17.9. The maximum Gasteiger partial charge on any atom is 0.228 e. The Morgan fingerprint density at radius 3 is 2.81 bits per heavy atom. The Morgan fingerprint density at radius 2 is 2.10 bits per heavy atom. The molecule has 1 unspecified atom stereocenters. The van der Waals surface area contributed by atoms with Crippen molar-refractivity contribution >= 4 is 35.3 Å². The molecule has 0 spiro atoms. The second-order valence-corrected chi connectivity index (χ2v) is 5.61. The van der Waals surface area contributed by atoms with Gasteiger partial charge in [0.05, 0.1) is 11.1 Å². The maximum absolute atomic E-state index is 11.9. The van der Waals surface area contributed by atoms with E-state index >= 15 is 0 Å². The van der Waals surface area contributed by atoms with E-state index in [9.17, 15) is 4.79 Å². The van der Waals surface area contributed by atoms with Crippen LogP contribution in [0.2, 0.25) is 0 Å². The predicted octanol–water partition coefficient (Wildman–Crippen LogP) is 3.60. The number of halogens is 1. The Labute approximate surface area is 128 Å². The number of nitrogens with zero attached hydrogens (tertiary/aromatic N) is 2. The molecule has 3 nitrogen and oxygen atoms in total. The molecule has 1 aliphatic rings. The summed E-state index contributed by atoms with van der Waals surface area (Å²) in [6, 6.07) is 13.7. The fourth-order valence-electron chi connectivity index (χ4n) is 2.37. The molecule has 106 valence electrons. The Hall–Kier alpha value is -2.13. The standard InChI is InChI=1S/C17H15ClN2O/c18-14-11-17(21)20(12-14)16-6-3-4-13(10-16)7-8-15-5-1-2-9-19-15/h1-10,14H,11-12H2. The van der Waals surface area contributed by atoms with Crippen LogP contribution < -0.4 is 4.90 Å². The van der Waals surface area contributed by atoms with Gasteiger partial charge < -0.3 is 4.90 Å². The van der Waals surface area contributed by atoms with Crippen LogP contribution in [0.5, 0.6) is 0 Å². The number of pyridine rings is 1. The molecule has 1 aromatic heterocycles. The third-order valence-electron chi connectivity index (χ3n) is 3.39. The highest BCUT2D eigenvalue weighted by atomic mass is 35.5. The van der Waals surface area contributed by atoms with Crippen LogP contribution in [0.25, 0.3) is 12.2 Å². The van der Waals surface area contributed by atoms with E-state index in [0.717, 1.165) is 16.9 Å². The zero-order valence-electron chi connectivity index (χ0n) is 11.4. The molecule has 21 heavy (non-hydrogen) atoms. The number of hydrogen-bond acceptors (Lipinski definition) is 2. The molecule has 2 aromatic rings. The molecule has 0 bridgehead atoms. The Kier molecular flexibility index (Phi) is 4.02. The van der Waals surface area contributed by atoms with Crippen LogP contribution in [0, 0.1) is 0 Å². The molecule has 1 amide bonds. The van der Waals surface area contributed by atoms with Crippen molar-refractivity contribution in [2.45, 2.75) is 11.8 Å². The molecule has 1 fully saturated rings. The normalized spacial score (nSPS) is 18.6. The fraction of sp³-hybridized carbons (Fsp3) is 0.176. The average molecular weight is 299 g/mol. The number of aromatic nitrogens is 1. The number of rotatable bonds is 3. The highest BCUT2D eigenvalue weighted by Crippen LogP contribution is 2.25. The van der Waals surface area contributed by atoms with Gasteiger partial charge in [-0.3, -0.25) is 9.78 Å². The molecule has 4 heteroatoms. The van der Waals surface area contributed by atoms with E-state index in [2.05, 4.69) is 4.98 Å². The van der Waals surface area contributed by atoms with Crippen molar-refractivity contribution in [3.8, 4) is 0 Å². The molecule has 1 saturated heterocycles. The van der Waals surface area contributed by atoms with Crippen LogP contribution in [-0.2, 0) is 4.79 Å². The van der Waals surface area contributed by atoms with Gasteiger partial charge in [0.2, 0.25) is 5.91 Å². The summed E-state index contributed by atoms with van der Waals surface area (Å²) in [7, 11) is 0. The smallest absolute Gasteiger partial charge is 0.228 e. The topological polar surface area (TPSA) is 33.2 Å². The summed E-state index contributed by atoms with van der Waals surface area (Å²) < 4.78 is 0. The highest BCUT2D eigenvalue weighted by molar-refractivity contribution is 6.24. The van der Waals surface area contributed by atoms with Crippen LogP contribution in [0.1, 0.15) is 17.7 Å². The molecule has 0 saturated carbocycles. The summed E-state index contributed by atoms with van der Waals surface area (Å²) in [6.45, 7) is 0.577. The number of amides is 1. The first kappa shape index (κ1) is 13.8. The minimum absolute atomic E-state index is 0.0841. The van der Waals surface area contributed by atoms with E-state index in [1.807, 2.05) is 54.6 Å². The second-order valence-electron chi connectivity index (χ2n) is 4.99. The van der Waals surface area contributed by atoms with E-state index in [0.29, 0.717) is 13.0 Å². The zero-order valence-corrected chi connectivity index (χ0v) is 12.2.